The molecule has 0 bridgehead atoms. The fourth-order valence-electron chi connectivity index (χ4n) is 2.12. The van der Waals surface area contributed by atoms with Crippen molar-refractivity contribution in [1.29, 1.82) is 0 Å². The van der Waals surface area contributed by atoms with Crippen molar-refractivity contribution in [2.75, 3.05) is 31.2 Å². The first-order chi connectivity index (χ1) is 9.63. The Labute approximate surface area is 123 Å². The van der Waals surface area contributed by atoms with E-state index in [1.54, 1.807) is 12.3 Å². The molecule has 1 aromatic heterocycles. The molecule has 6 nitrogen and oxygen atoms in total. The van der Waals surface area contributed by atoms with Gasteiger partial charge in [0.2, 0.25) is 5.91 Å². The maximum absolute atomic E-state index is 12.1. The van der Waals surface area contributed by atoms with E-state index in [0.717, 1.165) is 5.69 Å². The van der Waals surface area contributed by atoms with Crippen LogP contribution in [-0.2, 0) is 9.53 Å². The van der Waals surface area contributed by atoms with Crippen LogP contribution in [0.5, 0.6) is 0 Å². The molecule has 0 spiro atoms. The minimum absolute atomic E-state index is 0.0365. The van der Waals surface area contributed by atoms with Crippen molar-refractivity contribution in [3.63, 3.8) is 0 Å². The van der Waals surface area contributed by atoms with Crippen LogP contribution in [-0.4, -0.2) is 48.2 Å². The van der Waals surface area contributed by atoms with Gasteiger partial charge in [0.25, 0.3) is 0 Å². The van der Waals surface area contributed by atoms with Gasteiger partial charge in [-0.25, -0.2) is 0 Å². The first-order valence-electron chi connectivity index (χ1n) is 6.51. The Morgan fingerprint density at radius 2 is 2.45 bits per heavy atom. The normalized spacial score (nSPS) is 18.6. The average Bonchev–Trinajstić information content (AvgIpc) is 2.47. The van der Waals surface area contributed by atoms with Crippen LogP contribution in [0.15, 0.2) is 18.3 Å². The molecule has 0 radical (unpaired) electrons. The van der Waals surface area contributed by atoms with E-state index < -0.39 is 0 Å². The van der Waals surface area contributed by atoms with Gasteiger partial charge in [0.05, 0.1) is 30.8 Å². The minimum Gasteiger partial charge on any atom is -0.388 e. The lowest BCUT2D eigenvalue weighted by Gasteiger charge is -2.36. The van der Waals surface area contributed by atoms with E-state index in [1.165, 1.54) is 0 Å². The molecule has 1 aromatic rings. The summed E-state index contributed by atoms with van der Waals surface area (Å²) in [4.78, 5) is 18.5. The van der Waals surface area contributed by atoms with Crippen molar-refractivity contribution in [1.82, 2.24) is 10.3 Å². The summed E-state index contributed by atoms with van der Waals surface area (Å²) < 4.78 is 5.40. The van der Waals surface area contributed by atoms with E-state index in [4.69, 9.17) is 22.7 Å². The van der Waals surface area contributed by atoms with Crippen LogP contribution >= 0.6 is 12.2 Å². The third kappa shape index (κ3) is 3.23. The number of ether oxygens (including phenoxy) is 1. The summed E-state index contributed by atoms with van der Waals surface area (Å²) in [7, 11) is 0. The Bertz CT molecular complexity index is 492. The fraction of sp³-hybridized carbons (Fsp3) is 0.462. The predicted molar refractivity (Wildman–Crippen MR) is 80.8 cm³/mol. The molecule has 0 aliphatic carbocycles. The number of aromatic nitrogens is 1. The summed E-state index contributed by atoms with van der Waals surface area (Å²) in [6.07, 6.45) is 1.69. The molecular weight excluding hydrogens is 276 g/mol. The van der Waals surface area contributed by atoms with Gasteiger partial charge < -0.3 is 20.7 Å². The molecule has 1 aliphatic heterocycles. The smallest absolute Gasteiger partial charge is 0.245 e. The van der Waals surface area contributed by atoms with Crippen molar-refractivity contribution in [3.05, 3.63) is 24.0 Å². The van der Waals surface area contributed by atoms with Gasteiger partial charge in [-0.2, -0.15) is 0 Å². The number of anilines is 1. The van der Waals surface area contributed by atoms with Crippen molar-refractivity contribution in [2.24, 2.45) is 5.73 Å². The molecule has 1 aliphatic rings. The van der Waals surface area contributed by atoms with Gasteiger partial charge in [0.1, 0.15) is 11.0 Å². The van der Waals surface area contributed by atoms with E-state index in [-0.39, 0.29) is 16.9 Å². The lowest BCUT2D eigenvalue weighted by Crippen LogP contribution is -2.54. The molecule has 7 heteroatoms. The molecule has 1 atom stereocenters. The van der Waals surface area contributed by atoms with Gasteiger partial charge in [-0.3, -0.25) is 9.78 Å². The highest BCUT2D eigenvalue weighted by molar-refractivity contribution is 7.80. The summed E-state index contributed by atoms with van der Waals surface area (Å²) in [5.74, 6) is -0.0365. The number of morpholine rings is 1. The summed E-state index contributed by atoms with van der Waals surface area (Å²) in [6.45, 7) is 4.11. The van der Waals surface area contributed by atoms with E-state index in [0.29, 0.717) is 32.0 Å². The number of amides is 1. The Balaban J connectivity index is 2.18. The molecule has 20 heavy (non-hydrogen) atoms. The number of hydrogen-bond donors (Lipinski definition) is 2. The number of hydrogen-bond acceptors (Lipinski definition) is 5. The highest BCUT2D eigenvalue weighted by Gasteiger charge is 2.29. The number of pyridine rings is 1. The van der Waals surface area contributed by atoms with Crippen molar-refractivity contribution in [3.8, 4) is 0 Å². The Morgan fingerprint density at radius 3 is 3.05 bits per heavy atom. The van der Waals surface area contributed by atoms with Gasteiger partial charge in [-0.15, -0.1) is 0 Å². The van der Waals surface area contributed by atoms with E-state index >= 15 is 0 Å². The molecule has 1 saturated heterocycles. The van der Waals surface area contributed by atoms with Crippen LogP contribution in [0, 0.1) is 0 Å². The van der Waals surface area contributed by atoms with Gasteiger partial charge in [-0.05, 0) is 19.1 Å². The number of nitrogens with one attached hydrogen (secondary N) is 1. The number of nitrogens with two attached hydrogens (primary N) is 1. The molecule has 3 N–H and O–H groups in total. The van der Waals surface area contributed by atoms with Crippen LogP contribution in [0.1, 0.15) is 12.6 Å². The number of nitrogens with zero attached hydrogens (tertiary/aromatic N) is 2. The SMILES string of the molecule is CCNC(=O)C1COCCN1c1ccc(C(N)=S)nc1. The first-order valence-corrected chi connectivity index (χ1v) is 6.92. The average molecular weight is 294 g/mol. The zero-order valence-electron chi connectivity index (χ0n) is 11.3. The van der Waals surface area contributed by atoms with E-state index in [2.05, 4.69) is 10.3 Å². The fourth-order valence-corrected chi connectivity index (χ4v) is 2.24. The standard InChI is InChI=1S/C13H18N4O2S/c1-2-15-13(18)11-8-19-6-5-17(11)9-3-4-10(12(14)20)16-7-9/h3-4,7,11H,2,5-6,8H2,1H3,(H2,14,20)(H,15,18). The summed E-state index contributed by atoms with van der Waals surface area (Å²) in [5.41, 5.74) is 6.97. The van der Waals surface area contributed by atoms with Gasteiger partial charge in [0.15, 0.2) is 0 Å². The van der Waals surface area contributed by atoms with Crippen molar-refractivity contribution < 1.29 is 9.53 Å². The Hall–Kier alpha value is -1.73. The number of thiocarbonyl (C=S) groups is 1. The zero-order valence-corrected chi connectivity index (χ0v) is 12.2. The van der Waals surface area contributed by atoms with Gasteiger partial charge >= 0.3 is 0 Å². The molecule has 1 unspecified atom stereocenters. The molecule has 2 rings (SSSR count). The second kappa shape index (κ2) is 6.62. The second-order valence-corrected chi connectivity index (χ2v) is 4.88. The van der Waals surface area contributed by atoms with Crippen LogP contribution in [0.2, 0.25) is 0 Å². The summed E-state index contributed by atoms with van der Waals surface area (Å²) in [6, 6.07) is 3.31. The Kier molecular flexibility index (Phi) is 4.86. The van der Waals surface area contributed by atoms with Gasteiger partial charge in [0, 0.05) is 13.1 Å². The highest BCUT2D eigenvalue weighted by atomic mass is 32.1. The predicted octanol–water partition coefficient (Wildman–Crippen LogP) is 0.0571. The molecule has 0 saturated carbocycles. The number of likely N-dealkylation sites (N-methyl/N-ethyl adjacent to an activating group) is 1. The van der Waals surface area contributed by atoms with Crippen molar-refractivity contribution in [2.45, 2.75) is 13.0 Å². The molecular formula is C13H18N4O2S. The third-order valence-corrected chi connectivity index (χ3v) is 3.32. The topological polar surface area (TPSA) is 80.5 Å². The van der Waals surface area contributed by atoms with E-state index in [9.17, 15) is 4.79 Å². The van der Waals surface area contributed by atoms with Crippen LogP contribution in [0.25, 0.3) is 0 Å². The summed E-state index contributed by atoms with van der Waals surface area (Å²) in [5, 5.41) is 2.82. The quantitative estimate of drug-likeness (QED) is 0.764. The number of rotatable bonds is 4. The largest absolute Gasteiger partial charge is 0.388 e. The lowest BCUT2D eigenvalue weighted by atomic mass is 10.2. The molecule has 0 aromatic carbocycles. The zero-order chi connectivity index (χ0) is 14.5. The monoisotopic (exact) mass is 294 g/mol. The first kappa shape index (κ1) is 14.7. The van der Waals surface area contributed by atoms with E-state index in [1.807, 2.05) is 17.9 Å². The minimum atomic E-state index is -0.332. The summed E-state index contributed by atoms with van der Waals surface area (Å²) >= 11 is 4.88. The molecule has 1 fully saturated rings. The van der Waals surface area contributed by atoms with Crippen molar-refractivity contribution >= 4 is 28.8 Å². The highest BCUT2D eigenvalue weighted by Crippen LogP contribution is 2.19. The lowest BCUT2D eigenvalue weighted by molar-refractivity contribution is -0.124. The van der Waals surface area contributed by atoms with Gasteiger partial charge in [-0.1, -0.05) is 12.2 Å². The molecule has 108 valence electrons. The maximum atomic E-state index is 12.1. The van der Waals surface area contributed by atoms with Crippen LogP contribution in [0.3, 0.4) is 0 Å². The van der Waals surface area contributed by atoms with Crippen LogP contribution in [0.4, 0.5) is 5.69 Å². The third-order valence-electron chi connectivity index (χ3n) is 3.11. The van der Waals surface area contributed by atoms with Crippen LogP contribution < -0.4 is 16.0 Å². The second-order valence-electron chi connectivity index (χ2n) is 4.44. The number of carbonyl (C=O) groups excluding carboxylic acids is 1. The molecule has 2 heterocycles. The maximum Gasteiger partial charge on any atom is 0.245 e. The molecule has 1 amide bonds. The number of carbonyl (C=O) groups is 1. The Morgan fingerprint density at radius 1 is 1.65 bits per heavy atom.